The molecule has 1 atom stereocenters. The maximum absolute atomic E-state index is 12.8. The number of hydrogen-bond acceptors (Lipinski definition) is 5. The number of rotatable bonds is 4. The summed E-state index contributed by atoms with van der Waals surface area (Å²) in [5, 5.41) is 11.5. The quantitative estimate of drug-likeness (QED) is 0.861. The zero-order valence-electron chi connectivity index (χ0n) is 16.5. The molecule has 1 saturated carbocycles. The zero-order chi connectivity index (χ0) is 19.7. The standard InChI is InChI=1S/C19H27N7O2/c1-13-10-16-24(2)19(28)15(8-9-26(16)22-13)21-18(27)17-20-12-25(23-17)11-14-6-4-3-5-7-14/h10,12,14-15H,3-9,11H2,1-2H3,(H,21,27)/t15-/m0/s1. The van der Waals surface area contributed by atoms with Gasteiger partial charge in [0.25, 0.3) is 11.8 Å². The van der Waals surface area contributed by atoms with E-state index in [9.17, 15) is 9.59 Å². The molecule has 2 aromatic rings. The average molecular weight is 385 g/mol. The van der Waals surface area contributed by atoms with E-state index >= 15 is 0 Å². The number of fused-ring (bicyclic) bond motifs is 1. The Hall–Kier alpha value is -2.71. The van der Waals surface area contributed by atoms with Crippen LogP contribution in [0.25, 0.3) is 0 Å². The molecule has 1 aliphatic heterocycles. The van der Waals surface area contributed by atoms with Crippen molar-refractivity contribution in [3.8, 4) is 0 Å². The highest BCUT2D eigenvalue weighted by molar-refractivity contribution is 6.00. The van der Waals surface area contributed by atoms with Gasteiger partial charge in [-0.2, -0.15) is 5.10 Å². The second-order valence-corrected chi connectivity index (χ2v) is 7.87. The van der Waals surface area contributed by atoms with Crippen molar-refractivity contribution in [2.24, 2.45) is 5.92 Å². The molecule has 0 unspecified atom stereocenters. The van der Waals surface area contributed by atoms with E-state index < -0.39 is 11.9 Å². The number of hydrogen-bond donors (Lipinski definition) is 1. The van der Waals surface area contributed by atoms with Crippen molar-refractivity contribution in [2.45, 2.75) is 64.6 Å². The Bertz CT molecular complexity index is 866. The third kappa shape index (κ3) is 3.79. The highest BCUT2D eigenvalue weighted by atomic mass is 16.2. The Morgan fingerprint density at radius 2 is 2.00 bits per heavy atom. The summed E-state index contributed by atoms with van der Waals surface area (Å²) in [6, 6.07) is 1.25. The van der Waals surface area contributed by atoms with E-state index in [4.69, 9.17) is 0 Å². The van der Waals surface area contributed by atoms with Gasteiger partial charge in [0.1, 0.15) is 18.2 Å². The van der Waals surface area contributed by atoms with Crippen molar-refractivity contribution in [2.75, 3.05) is 11.9 Å². The maximum Gasteiger partial charge on any atom is 0.291 e. The van der Waals surface area contributed by atoms with E-state index in [2.05, 4.69) is 20.5 Å². The van der Waals surface area contributed by atoms with Crippen LogP contribution in [0.2, 0.25) is 0 Å². The van der Waals surface area contributed by atoms with E-state index in [0.717, 1.165) is 18.1 Å². The van der Waals surface area contributed by atoms with Crippen LogP contribution in [0, 0.1) is 12.8 Å². The fraction of sp³-hybridized carbons (Fsp3) is 0.632. The molecule has 4 rings (SSSR count). The van der Waals surface area contributed by atoms with Crippen LogP contribution < -0.4 is 10.2 Å². The van der Waals surface area contributed by atoms with Crippen LogP contribution in [-0.2, 0) is 17.9 Å². The summed E-state index contributed by atoms with van der Waals surface area (Å²) in [6.07, 6.45) is 8.35. The molecule has 2 amide bonds. The van der Waals surface area contributed by atoms with E-state index in [0.29, 0.717) is 18.9 Å². The molecule has 2 aliphatic rings. The molecule has 1 N–H and O–H groups in total. The van der Waals surface area contributed by atoms with Crippen LogP contribution in [0.4, 0.5) is 5.82 Å². The second kappa shape index (κ2) is 7.73. The van der Waals surface area contributed by atoms with Crippen molar-refractivity contribution in [3.05, 3.63) is 23.9 Å². The summed E-state index contributed by atoms with van der Waals surface area (Å²) >= 11 is 0. The number of nitrogens with zero attached hydrogens (tertiary/aromatic N) is 6. The number of nitrogens with one attached hydrogen (secondary N) is 1. The molecule has 2 aromatic heterocycles. The SMILES string of the molecule is Cc1cc2n(n1)CC[C@H](NC(=O)c1ncn(CC3CCCCC3)n1)C(=O)N2C. The first-order valence-corrected chi connectivity index (χ1v) is 10.0. The number of amides is 2. The van der Waals surface area contributed by atoms with Gasteiger partial charge in [-0.05, 0) is 32.1 Å². The fourth-order valence-electron chi connectivity index (χ4n) is 4.17. The van der Waals surface area contributed by atoms with Gasteiger partial charge in [-0.25, -0.2) is 9.67 Å². The fourth-order valence-corrected chi connectivity index (χ4v) is 4.17. The Labute approximate surface area is 164 Å². The predicted molar refractivity (Wildman–Crippen MR) is 103 cm³/mol. The minimum atomic E-state index is -0.621. The summed E-state index contributed by atoms with van der Waals surface area (Å²) < 4.78 is 3.56. The summed E-state index contributed by atoms with van der Waals surface area (Å²) in [7, 11) is 1.71. The molecule has 9 nitrogen and oxygen atoms in total. The lowest BCUT2D eigenvalue weighted by Crippen LogP contribution is -2.47. The van der Waals surface area contributed by atoms with Crippen molar-refractivity contribution >= 4 is 17.6 Å². The summed E-state index contributed by atoms with van der Waals surface area (Å²) in [4.78, 5) is 31.1. The molecule has 28 heavy (non-hydrogen) atoms. The molecule has 1 fully saturated rings. The minimum absolute atomic E-state index is 0.115. The van der Waals surface area contributed by atoms with Crippen molar-refractivity contribution < 1.29 is 9.59 Å². The third-order valence-electron chi connectivity index (χ3n) is 5.70. The van der Waals surface area contributed by atoms with Gasteiger partial charge < -0.3 is 5.32 Å². The van der Waals surface area contributed by atoms with Gasteiger partial charge in [0.2, 0.25) is 5.82 Å². The number of aryl methyl sites for hydroxylation is 2. The van der Waals surface area contributed by atoms with Crippen LogP contribution >= 0.6 is 0 Å². The van der Waals surface area contributed by atoms with E-state index in [1.807, 2.05) is 13.0 Å². The zero-order valence-corrected chi connectivity index (χ0v) is 16.5. The normalized spacial score (nSPS) is 20.7. The number of carbonyl (C=O) groups is 2. The first-order chi connectivity index (χ1) is 13.5. The Morgan fingerprint density at radius 1 is 1.21 bits per heavy atom. The summed E-state index contributed by atoms with van der Waals surface area (Å²) in [5.74, 6) is 0.894. The largest absolute Gasteiger partial charge is 0.337 e. The molecule has 3 heterocycles. The molecule has 150 valence electrons. The van der Waals surface area contributed by atoms with Crippen molar-refractivity contribution in [1.29, 1.82) is 0 Å². The molecule has 0 saturated heterocycles. The van der Waals surface area contributed by atoms with Crippen LogP contribution in [0.15, 0.2) is 12.4 Å². The van der Waals surface area contributed by atoms with Crippen molar-refractivity contribution in [1.82, 2.24) is 29.9 Å². The Morgan fingerprint density at radius 3 is 2.79 bits per heavy atom. The molecule has 1 aliphatic carbocycles. The van der Waals surface area contributed by atoms with Gasteiger partial charge in [-0.15, -0.1) is 5.10 Å². The number of aromatic nitrogens is 5. The number of carbonyl (C=O) groups excluding carboxylic acids is 2. The molecule has 9 heteroatoms. The third-order valence-corrected chi connectivity index (χ3v) is 5.70. The van der Waals surface area contributed by atoms with E-state index in [1.165, 1.54) is 32.1 Å². The molecular formula is C19H27N7O2. The maximum atomic E-state index is 12.8. The van der Waals surface area contributed by atoms with Crippen LogP contribution in [0.1, 0.15) is 54.8 Å². The average Bonchev–Trinajstić information content (AvgIpc) is 3.28. The second-order valence-electron chi connectivity index (χ2n) is 7.87. The van der Waals surface area contributed by atoms with Gasteiger partial charge in [0.15, 0.2) is 0 Å². The molecule has 0 radical (unpaired) electrons. The van der Waals surface area contributed by atoms with Gasteiger partial charge >= 0.3 is 0 Å². The minimum Gasteiger partial charge on any atom is -0.337 e. The molecule has 0 aromatic carbocycles. The van der Waals surface area contributed by atoms with Gasteiger partial charge in [-0.3, -0.25) is 19.2 Å². The topological polar surface area (TPSA) is 97.9 Å². The molecule has 0 bridgehead atoms. The smallest absolute Gasteiger partial charge is 0.291 e. The van der Waals surface area contributed by atoms with Gasteiger partial charge in [0, 0.05) is 26.2 Å². The van der Waals surface area contributed by atoms with Gasteiger partial charge in [0.05, 0.1) is 5.69 Å². The Kier molecular flexibility index (Phi) is 5.15. The lowest BCUT2D eigenvalue weighted by atomic mass is 9.89. The summed E-state index contributed by atoms with van der Waals surface area (Å²) in [5.41, 5.74) is 0.866. The predicted octanol–water partition coefficient (Wildman–Crippen LogP) is 1.53. The number of likely N-dealkylation sites (N-methyl/N-ethyl adjacent to an activating group) is 1. The lowest BCUT2D eigenvalue weighted by Gasteiger charge is -2.21. The monoisotopic (exact) mass is 385 g/mol. The highest BCUT2D eigenvalue weighted by Gasteiger charge is 2.31. The summed E-state index contributed by atoms with van der Waals surface area (Å²) in [6.45, 7) is 3.26. The van der Waals surface area contributed by atoms with Gasteiger partial charge in [-0.1, -0.05) is 19.3 Å². The number of anilines is 1. The first kappa shape index (κ1) is 18.6. The molecular weight excluding hydrogens is 358 g/mol. The lowest BCUT2D eigenvalue weighted by molar-refractivity contribution is -0.120. The first-order valence-electron chi connectivity index (χ1n) is 10.0. The highest BCUT2D eigenvalue weighted by Crippen LogP contribution is 2.24. The Balaban J connectivity index is 1.39. The van der Waals surface area contributed by atoms with E-state index in [-0.39, 0.29) is 11.7 Å². The van der Waals surface area contributed by atoms with Crippen LogP contribution in [-0.4, -0.2) is 49.4 Å². The molecule has 0 spiro atoms. The van der Waals surface area contributed by atoms with E-state index in [1.54, 1.807) is 27.6 Å². The van der Waals surface area contributed by atoms with Crippen LogP contribution in [0.3, 0.4) is 0 Å². The van der Waals surface area contributed by atoms with Crippen LogP contribution in [0.5, 0.6) is 0 Å². The van der Waals surface area contributed by atoms with Crippen molar-refractivity contribution in [3.63, 3.8) is 0 Å².